The van der Waals surface area contributed by atoms with Gasteiger partial charge >= 0.3 is 0 Å². The lowest BCUT2D eigenvalue weighted by molar-refractivity contribution is -0.128. The minimum Gasteiger partial charge on any atom is -0.352 e. The van der Waals surface area contributed by atoms with Gasteiger partial charge < -0.3 is 11.1 Å². The van der Waals surface area contributed by atoms with E-state index in [1.807, 2.05) is 0 Å². The zero-order valence-electron chi connectivity index (χ0n) is 8.95. The van der Waals surface area contributed by atoms with E-state index >= 15 is 0 Å². The number of carbonyl (C=O) groups excluding carboxylic acids is 1. The fourth-order valence-electron chi connectivity index (χ4n) is 1.81. The molecule has 1 aromatic carbocycles. The molecule has 1 aliphatic carbocycles. The Bertz CT molecular complexity index is 371. The molecule has 1 aromatic rings. The largest absolute Gasteiger partial charge is 0.352 e. The normalized spacial score (nSPS) is 23.6. The monoisotopic (exact) mass is 222 g/mol. The number of halogens is 1. The van der Waals surface area contributed by atoms with Crippen LogP contribution in [0, 0.1) is 11.7 Å². The van der Waals surface area contributed by atoms with Crippen LogP contribution in [0.25, 0.3) is 0 Å². The van der Waals surface area contributed by atoms with Crippen molar-refractivity contribution < 1.29 is 9.18 Å². The topological polar surface area (TPSA) is 55.1 Å². The number of amides is 1. The number of rotatable bonds is 3. The molecule has 2 rings (SSSR count). The van der Waals surface area contributed by atoms with E-state index in [1.165, 1.54) is 12.1 Å². The summed E-state index contributed by atoms with van der Waals surface area (Å²) >= 11 is 0. The van der Waals surface area contributed by atoms with Crippen LogP contribution in [-0.4, -0.2) is 11.9 Å². The molecule has 1 saturated carbocycles. The first-order chi connectivity index (χ1) is 7.65. The fraction of sp³-hybridized carbons (Fsp3) is 0.417. The Morgan fingerprint density at radius 3 is 2.56 bits per heavy atom. The van der Waals surface area contributed by atoms with E-state index in [0.29, 0.717) is 6.54 Å². The van der Waals surface area contributed by atoms with Gasteiger partial charge in [-0.05, 0) is 30.5 Å². The van der Waals surface area contributed by atoms with Crippen LogP contribution in [0.4, 0.5) is 4.39 Å². The van der Waals surface area contributed by atoms with Crippen LogP contribution in [0.3, 0.4) is 0 Å². The van der Waals surface area contributed by atoms with Gasteiger partial charge in [-0.3, -0.25) is 4.79 Å². The summed E-state index contributed by atoms with van der Waals surface area (Å²) < 4.78 is 12.6. The van der Waals surface area contributed by atoms with Gasteiger partial charge in [0, 0.05) is 18.5 Å². The fourth-order valence-corrected chi connectivity index (χ4v) is 1.81. The van der Waals surface area contributed by atoms with Gasteiger partial charge in [0.1, 0.15) is 5.82 Å². The Hall–Kier alpha value is -1.42. The molecule has 0 atom stereocenters. The van der Waals surface area contributed by atoms with Gasteiger partial charge in [0.2, 0.25) is 5.91 Å². The summed E-state index contributed by atoms with van der Waals surface area (Å²) in [6.07, 6.45) is 1.55. The molecule has 1 fully saturated rings. The first-order valence-corrected chi connectivity index (χ1v) is 5.43. The highest BCUT2D eigenvalue weighted by molar-refractivity contribution is 5.79. The van der Waals surface area contributed by atoms with Crippen LogP contribution in [-0.2, 0) is 11.3 Å². The Kier molecular flexibility index (Phi) is 3.19. The van der Waals surface area contributed by atoms with Gasteiger partial charge in [-0.2, -0.15) is 0 Å². The minimum atomic E-state index is -0.264. The van der Waals surface area contributed by atoms with Crippen molar-refractivity contribution in [1.82, 2.24) is 5.32 Å². The molecule has 0 unspecified atom stereocenters. The summed E-state index contributed by atoms with van der Waals surface area (Å²) in [5.74, 6) is -0.151. The molecule has 1 amide bonds. The molecular formula is C12H15FN2O. The third kappa shape index (κ3) is 2.58. The van der Waals surface area contributed by atoms with Crippen molar-refractivity contribution in [2.75, 3.05) is 0 Å². The zero-order chi connectivity index (χ0) is 11.5. The van der Waals surface area contributed by atoms with Crippen molar-refractivity contribution in [1.29, 1.82) is 0 Å². The quantitative estimate of drug-likeness (QED) is 0.806. The molecule has 0 aliphatic heterocycles. The molecule has 0 spiro atoms. The maximum Gasteiger partial charge on any atom is 0.223 e. The van der Waals surface area contributed by atoms with Crippen molar-refractivity contribution in [3.05, 3.63) is 35.6 Å². The van der Waals surface area contributed by atoms with Crippen LogP contribution < -0.4 is 11.1 Å². The smallest absolute Gasteiger partial charge is 0.223 e. The van der Waals surface area contributed by atoms with Crippen LogP contribution >= 0.6 is 0 Å². The predicted molar refractivity (Wildman–Crippen MR) is 58.9 cm³/mol. The summed E-state index contributed by atoms with van der Waals surface area (Å²) in [5.41, 5.74) is 6.51. The predicted octanol–water partition coefficient (Wildman–Crippen LogP) is 1.18. The molecule has 3 N–H and O–H groups in total. The molecule has 16 heavy (non-hydrogen) atoms. The second-order valence-electron chi connectivity index (χ2n) is 4.27. The van der Waals surface area contributed by atoms with E-state index in [1.54, 1.807) is 12.1 Å². The van der Waals surface area contributed by atoms with E-state index in [9.17, 15) is 9.18 Å². The van der Waals surface area contributed by atoms with Crippen LogP contribution in [0.2, 0.25) is 0 Å². The number of hydrogen-bond donors (Lipinski definition) is 2. The number of carbonyl (C=O) groups is 1. The highest BCUT2D eigenvalue weighted by atomic mass is 19.1. The maximum atomic E-state index is 12.6. The molecule has 1 aliphatic rings. The van der Waals surface area contributed by atoms with Gasteiger partial charge in [-0.15, -0.1) is 0 Å². The van der Waals surface area contributed by atoms with E-state index in [-0.39, 0.29) is 23.7 Å². The van der Waals surface area contributed by atoms with Gasteiger partial charge in [0.25, 0.3) is 0 Å². The molecule has 4 heteroatoms. The van der Waals surface area contributed by atoms with Gasteiger partial charge in [0.15, 0.2) is 0 Å². The Morgan fingerprint density at radius 1 is 1.38 bits per heavy atom. The van der Waals surface area contributed by atoms with Crippen LogP contribution in [0.15, 0.2) is 24.3 Å². The summed E-state index contributed by atoms with van der Waals surface area (Å²) in [4.78, 5) is 11.6. The molecule has 0 aromatic heterocycles. The van der Waals surface area contributed by atoms with Crippen molar-refractivity contribution in [3.63, 3.8) is 0 Å². The summed E-state index contributed by atoms with van der Waals surface area (Å²) in [6, 6.07) is 6.30. The van der Waals surface area contributed by atoms with Gasteiger partial charge in [-0.1, -0.05) is 12.1 Å². The third-order valence-corrected chi connectivity index (χ3v) is 2.93. The van der Waals surface area contributed by atoms with Crippen molar-refractivity contribution >= 4 is 5.91 Å². The van der Waals surface area contributed by atoms with E-state index < -0.39 is 0 Å². The van der Waals surface area contributed by atoms with Gasteiger partial charge in [-0.25, -0.2) is 4.39 Å². The molecule has 0 radical (unpaired) electrons. The number of nitrogens with two attached hydrogens (primary N) is 1. The highest BCUT2D eigenvalue weighted by Crippen LogP contribution is 2.25. The Labute approximate surface area is 93.8 Å². The standard InChI is InChI=1S/C12H15FN2O/c13-10-3-1-8(2-4-10)7-15-12(16)9-5-11(14)6-9/h1-4,9,11H,5-7,14H2,(H,15,16). The molecular weight excluding hydrogens is 207 g/mol. The first-order valence-electron chi connectivity index (χ1n) is 5.43. The summed E-state index contributed by atoms with van der Waals surface area (Å²) in [6.45, 7) is 0.449. The molecule has 0 bridgehead atoms. The maximum absolute atomic E-state index is 12.6. The zero-order valence-corrected chi connectivity index (χ0v) is 8.95. The highest BCUT2D eigenvalue weighted by Gasteiger charge is 2.31. The second-order valence-corrected chi connectivity index (χ2v) is 4.27. The van der Waals surface area contributed by atoms with Crippen molar-refractivity contribution in [2.24, 2.45) is 11.7 Å². The second kappa shape index (κ2) is 4.61. The van der Waals surface area contributed by atoms with Gasteiger partial charge in [0.05, 0.1) is 0 Å². The first kappa shape index (κ1) is 11.1. The number of benzene rings is 1. The van der Waals surface area contributed by atoms with E-state index in [4.69, 9.17) is 5.73 Å². The van der Waals surface area contributed by atoms with Crippen molar-refractivity contribution in [2.45, 2.75) is 25.4 Å². The minimum absolute atomic E-state index is 0.0472. The Balaban J connectivity index is 1.79. The summed E-state index contributed by atoms with van der Waals surface area (Å²) in [7, 11) is 0. The third-order valence-electron chi connectivity index (χ3n) is 2.93. The van der Waals surface area contributed by atoms with Crippen LogP contribution in [0.1, 0.15) is 18.4 Å². The molecule has 3 nitrogen and oxygen atoms in total. The van der Waals surface area contributed by atoms with Crippen LogP contribution in [0.5, 0.6) is 0 Å². The lowest BCUT2D eigenvalue weighted by Gasteiger charge is -2.31. The SMILES string of the molecule is NC1CC(C(=O)NCc2ccc(F)cc2)C1. The lowest BCUT2D eigenvalue weighted by atomic mass is 9.80. The average Bonchev–Trinajstić information content (AvgIpc) is 2.24. The van der Waals surface area contributed by atoms with Crippen molar-refractivity contribution in [3.8, 4) is 0 Å². The molecule has 0 saturated heterocycles. The van der Waals surface area contributed by atoms with E-state index in [2.05, 4.69) is 5.32 Å². The number of hydrogen-bond acceptors (Lipinski definition) is 2. The average molecular weight is 222 g/mol. The Morgan fingerprint density at radius 2 is 2.00 bits per heavy atom. The summed E-state index contributed by atoms with van der Waals surface area (Å²) in [5, 5.41) is 2.82. The molecule has 0 heterocycles. The lowest BCUT2D eigenvalue weighted by Crippen LogP contribution is -2.44. The molecule has 86 valence electrons. The van der Waals surface area contributed by atoms with E-state index in [0.717, 1.165) is 18.4 Å². The number of nitrogens with one attached hydrogen (secondary N) is 1.